The van der Waals surface area contributed by atoms with Gasteiger partial charge in [-0.1, -0.05) is 11.2 Å². The molecule has 0 aliphatic heterocycles. The van der Waals surface area contributed by atoms with Crippen molar-refractivity contribution in [3.05, 3.63) is 52.5 Å². The Morgan fingerprint density at radius 1 is 1.35 bits per heavy atom. The van der Waals surface area contributed by atoms with Gasteiger partial charge in [-0.15, -0.1) is 0 Å². The molecule has 1 N–H and O–H groups in total. The molecule has 0 unspecified atom stereocenters. The highest BCUT2D eigenvalue weighted by Crippen LogP contribution is 2.19. The summed E-state index contributed by atoms with van der Waals surface area (Å²) in [5.41, 5.74) is 2.40. The Labute approximate surface area is 137 Å². The molecule has 1 amide bonds. The first kappa shape index (κ1) is 15.2. The average Bonchev–Trinajstić information content (AvgIpc) is 3.23. The van der Waals surface area contributed by atoms with Crippen LogP contribution in [0.4, 0.5) is 5.69 Å². The molecule has 0 bridgehead atoms. The van der Waals surface area contributed by atoms with E-state index in [1.54, 1.807) is 42.5 Å². The Morgan fingerprint density at radius 2 is 2.22 bits per heavy atom. The van der Waals surface area contributed by atoms with E-state index in [-0.39, 0.29) is 5.91 Å². The normalized spacial score (nSPS) is 10.5. The molecule has 0 saturated heterocycles. The average molecular weight is 328 g/mol. The van der Waals surface area contributed by atoms with E-state index in [9.17, 15) is 4.79 Å². The highest BCUT2D eigenvalue weighted by molar-refractivity contribution is 7.08. The molecule has 1 aromatic carbocycles. The maximum atomic E-state index is 12.0. The number of nitrogens with zero attached hydrogens (tertiary/aromatic N) is 3. The predicted octanol–water partition coefficient (Wildman–Crippen LogP) is 3.11. The number of benzene rings is 1. The molecular formula is C16H16N4O2S. The fraction of sp³-hybridized carbons (Fsp3) is 0.188. The van der Waals surface area contributed by atoms with E-state index in [2.05, 4.69) is 15.5 Å². The summed E-state index contributed by atoms with van der Waals surface area (Å²) < 4.78 is 5.23. The first-order valence-electron chi connectivity index (χ1n) is 7.04. The Morgan fingerprint density at radius 3 is 2.96 bits per heavy atom. The second-order valence-corrected chi connectivity index (χ2v) is 5.94. The van der Waals surface area contributed by atoms with E-state index >= 15 is 0 Å². The number of anilines is 1. The molecule has 3 aromatic rings. The van der Waals surface area contributed by atoms with E-state index < -0.39 is 0 Å². The zero-order valence-corrected chi connectivity index (χ0v) is 13.6. The molecule has 118 valence electrons. The number of carbonyl (C=O) groups excluding carboxylic acids is 1. The number of rotatable bonds is 5. The van der Waals surface area contributed by atoms with E-state index in [0.29, 0.717) is 23.8 Å². The van der Waals surface area contributed by atoms with Gasteiger partial charge in [0.25, 0.3) is 5.91 Å². The maximum absolute atomic E-state index is 12.0. The van der Waals surface area contributed by atoms with Crippen molar-refractivity contribution in [3.8, 4) is 11.4 Å². The third kappa shape index (κ3) is 3.57. The van der Waals surface area contributed by atoms with Crippen molar-refractivity contribution in [2.75, 3.05) is 19.4 Å². The quantitative estimate of drug-likeness (QED) is 0.779. The second-order valence-electron chi connectivity index (χ2n) is 5.16. The van der Waals surface area contributed by atoms with Crippen LogP contribution in [0.3, 0.4) is 0 Å². The molecule has 0 radical (unpaired) electrons. The van der Waals surface area contributed by atoms with Crippen molar-refractivity contribution < 1.29 is 9.32 Å². The zero-order valence-electron chi connectivity index (χ0n) is 12.8. The van der Waals surface area contributed by atoms with Gasteiger partial charge >= 0.3 is 0 Å². The molecule has 6 nitrogen and oxygen atoms in total. The van der Waals surface area contributed by atoms with Crippen molar-refractivity contribution in [1.82, 2.24) is 15.0 Å². The van der Waals surface area contributed by atoms with Gasteiger partial charge in [-0.25, -0.2) is 0 Å². The number of aromatic nitrogens is 2. The molecule has 2 aromatic heterocycles. The van der Waals surface area contributed by atoms with E-state index in [4.69, 9.17) is 4.52 Å². The van der Waals surface area contributed by atoms with Crippen LogP contribution in [0, 0.1) is 0 Å². The lowest BCUT2D eigenvalue weighted by Crippen LogP contribution is -2.21. The van der Waals surface area contributed by atoms with E-state index in [1.165, 1.54) is 0 Å². The number of carbonyl (C=O) groups is 1. The molecule has 0 spiro atoms. The van der Waals surface area contributed by atoms with Crippen LogP contribution in [0.15, 0.2) is 45.6 Å². The van der Waals surface area contributed by atoms with Crippen LogP contribution in [0.5, 0.6) is 0 Å². The summed E-state index contributed by atoms with van der Waals surface area (Å²) >= 11 is 1.59. The monoisotopic (exact) mass is 328 g/mol. The summed E-state index contributed by atoms with van der Waals surface area (Å²) in [4.78, 5) is 17.9. The smallest absolute Gasteiger partial charge is 0.253 e. The number of amides is 1. The summed E-state index contributed by atoms with van der Waals surface area (Å²) in [5.74, 6) is 1.04. The molecule has 0 aliphatic rings. The molecular weight excluding hydrogens is 312 g/mol. The highest BCUT2D eigenvalue weighted by Gasteiger charge is 2.10. The van der Waals surface area contributed by atoms with Gasteiger partial charge in [-0.05, 0) is 29.6 Å². The van der Waals surface area contributed by atoms with Crippen LogP contribution >= 0.6 is 11.3 Å². The van der Waals surface area contributed by atoms with E-state index in [1.807, 2.05) is 29.0 Å². The van der Waals surface area contributed by atoms with Crippen molar-refractivity contribution in [2.24, 2.45) is 0 Å². The Bertz CT molecular complexity index is 796. The largest absolute Gasteiger partial charge is 0.376 e. The lowest BCUT2D eigenvalue weighted by Gasteiger charge is -2.11. The minimum absolute atomic E-state index is 0.0359. The Balaban J connectivity index is 1.67. The van der Waals surface area contributed by atoms with Gasteiger partial charge in [0.05, 0.1) is 6.54 Å². The molecule has 0 saturated carbocycles. The summed E-state index contributed by atoms with van der Waals surface area (Å²) in [7, 11) is 3.46. The van der Waals surface area contributed by atoms with E-state index in [0.717, 1.165) is 11.3 Å². The second kappa shape index (κ2) is 6.62. The minimum atomic E-state index is -0.0359. The van der Waals surface area contributed by atoms with Crippen molar-refractivity contribution in [2.45, 2.75) is 6.54 Å². The molecule has 23 heavy (non-hydrogen) atoms. The third-order valence-corrected chi connectivity index (χ3v) is 3.89. The van der Waals surface area contributed by atoms with Crippen LogP contribution < -0.4 is 5.32 Å². The number of hydrogen-bond acceptors (Lipinski definition) is 6. The van der Waals surface area contributed by atoms with Gasteiger partial charge in [-0.3, -0.25) is 4.79 Å². The van der Waals surface area contributed by atoms with Gasteiger partial charge in [-0.2, -0.15) is 16.3 Å². The Hall–Kier alpha value is -2.67. The lowest BCUT2D eigenvalue weighted by atomic mass is 10.2. The van der Waals surface area contributed by atoms with Crippen LogP contribution in [0.1, 0.15) is 16.2 Å². The standard InChI is InChI=1S/C16H16N4O2S/c1-20(2)16(21)11-4-3-5-13(8-11)17-9-14-18-15(19-22-14)12-6-7-23-10-12/h3-8,10,17H,9H2,1-2H3. The number of nitrogens with one attached hydrogen (secondary N) is 1. The molecule has 0 fully saturated rings. The van der Waals surface area contributed by atoms with Crippen molar-refractivity contribution in [1.29, 1.82) is 0 Å². The summed E-state index contributed by atoms with van der Waals surface area (Å²) in [6, 6.07) is 9.27. The number of hydrogen-bond donors (Lipinski definition) is 1. The van der Waals surface area contributed by atoms with Gasteiger partial charge in [0.2, 0.25) is 11.7 Å². The first-order chi connectivity index (χ1) is 11.1. The van der Waals surface area contributed by atoms with Gasteiger partial charge < -0.3 is 14.7 Å². The van der Waals surface area contributed by atoms with Crippen LogP contribution in [0.25, 0.3) is 11.4 Å². The Kier molecular flexibility index (Phi) is 4.38. The van der Waals surface area contributed by atoms with Crippen molar-refractivity contribution in [3.63, 3.8) is 0 Å². The fourth-order valence-corrected chi connectivity index (χ4v) is 2.67. The van der Waals surface area contributed by atoms with Crippen molar-refractivity contribution >= 4 is 22.9 Å². The lowest BCUT2D eigenvalue weighted by molar-refractivity contribution is 0.0827. The summed E-state index contributed by atoms with van der Waals surface area (Å²) in [6.45, 7) is 0.400. The molecule has 7 heteroatoms. The molecule has 2 heterocycles. The fourth-order valence-electron chi connectivity index (χ4n) is 2.03. The third-order valence-electron chi connectivity index (χ3n) is 3.21. The predicted molar refractivity (Wildman–Crippen MR) is 89.4 cm³/mol. The summed E-state index contributed by atoms with van der Waals surface area (Å²) in [6.07, 6.45) is 0. The molecule has 0 atom stereocenters. The van der Waals surface area contributed by atoms with Crippen LogP contribution in [0.2, 0.25) is 0 Å². The summed E-state index contributed by atoms with van der Waals surface area (Å²) in [5, 5.41) is 11.1. The minimum Gasteiger partial charge on any atom is -0.376 e. The topological polar surface area (TPSA) is 71.3 Å². The maximum Gasteiger partial charge on any atom is 0.253 e. The molecule has 0 aliphatic carbocycles. The van der Waals surface area contributed by atoms with Gasteiger partial charge in [0.1, 0.15) is 0 Å². The number of thiophene rings is 1. The van der Waals surface area contributed by atoms with Gasteiger partial charge in [0, 0.05) is 36.3 Å². The van der Waals surface area contributed by atoms with Gasteiger partial charge in [0.15, 0.2) is 0 Å². The highest BCUT2D eigenvalue weighted by atomic mass is 32.1. The first-order valence-corrected chi connectivity index (χ1v) is 7.98. The van der Waals surface area contributed by atoms with Crippen LogP contribution in [-0.2, 0) is 6.54 Å². The zero-order chi connectivity index (χ0) is 16.2. The van der Waals surface area contributed by atoms with Crippen LogP contribution in [-0.4, -0.2) is 35.0 Å². The molecule has 3 rings (SSSR count). The SMILES string of the molecule is CN(C)C(=O)c1cccc(NCc2nc(-c3ccsc3)no2)c1.